The molecule has 4 heteroatoms. The van der Waals surface area contributed by atoms with E-state index in [4.69, 9.17) is 0 Å². The lowest BCUT2D eigenvalue weighted by Crippen LogP contribution is -2.16. The van der Waals surface area contributed by atoms with Gasteiger partial charge >= 0.3 is 0 Å². The van der Waals surface area contributed by atoms with Crippen LogP contribution in [0.15, 0.2) is 29.6 Å². The summed E-state index contributed by atoms with van der Waals surface area (Å²) in [6.07, 6.45) is 11.3. The molecule has 0 bridgehead atoms. The molecule has 0 spiro atoms. The highest BCUT2D eigenvalue weighted by Crippen LogP contribution is 2.04. The van der Waals surface area contributed by atoms with E-state index in [1.807, 2.05) is 12.1 Å². The van der Waals surface area contributed by atoms with Gasteiger partial charge in [0.1, 0.15) is 0 Å². The van der Waals surface area contributed by atoms with Gasteiger partial charge in [0.25, 0.3) is 0 Å². The van der Waals surface area contributed by atoms with Gasteiger partial charge in [-0.25, -0.2) is 5.43 Å². The lowest BCUT2D eigenvalue weighted by atomic mass is 10.1. The summed E-state index contributed by atoms with van der Waals surface area (Å²) in [5.41, 5.74) is 3.46. The summed E-state index contributed by atoms with van der Waals surface area (Å²) in [5.74, 6) is -0.0168. The van der Waals surface area contributed by atoms with Crippen LogP contribution in [0.1, 0.15) is 51.0 Å². The Balaban J connectivity index is 2.11. The number of rotatable bonds is 8. The van der Waals surface area contributed by atoms with E-state index >= 15 is 0 Å². The molecule has 0 fully saturated rings. The number of hydrogen-bond acceptors (Lipinski definition) is 3. The number of hydrazone groups is 1. The van der Waals surface area contributed by atoms with Crippen LogP contribution >= 0.6 is 0 Å². The van der Waals surface area contributed by atoms with E-state index < -0.39 is 0 Å². The second-order valence-electron chi connectivity index (χ2n) is 4.24. The minimum atomic E-state index is -0.0168. The minimum Gasteiger partial charge on any atom is -0.273 e. The van der Waals surface area contributed by atoms with Crippen molar-refractivity contribution in [1.82, 2.24) is 10.4 Å². The van der Waals surface area contributed by atoms with Gasteiger partial charge in [-0.3, -0.25) is 9.78 Å². The SMILES string of the molecule is CCCCCCCC(=O)N/N=C\c1ccncc1. The highest BCUT2D eigenvalue weighted by Gasteiger charge is 1.98. The average Bonchev–Trinajstić information content (AvgIpc) is 2.40. The van der Waals surface area contributed by atoms with Gasteiger partial charge < -0.3 is 0 Å². The predicted molar refractivity (Wildman–Crippen MR) is 73.3 cm³/mol. The van der Waals surface area contributed by atoms with Crippen LogP contribution in [0.2, 0.25) is 0 Å². The van der Waals surface area contributed by atoms with Crippen LogP contribution in [0, 0.1) is 0 Å². The van der Waals surface area contributed by atoms with Crippen LogP contribution in [0.3, 0.4) is 0 Å². The summed E-state index contributed by atoms with van der Waals surface area (Å²) in [7, 11) is 0. The highest BCUT2D eigenvalue weighted by atomic mass is 16.2. The van der Waals surface area contributed by atoms with Crippen molar-refractivity contribution < 1.29 is 4.79 Å². The lowest BCUT2D eigenvalue weighted by Gasteiger charge is -2.00. The van der Waals surface area contributed by atoms with Gasteiger partial charge in [0.2, 0.25) is 5.91 Å². The standard InChI is InChI=1S/C14H21N3O/c1-2-3-4-5-6-7-14(18)17-16-12-13-8-10-15-11-9-13/h8-12H,2-7H2,1H3,(H,17,18)/b16-12-. The molecule has 0 unspecified atom stereocenters. The molecular weight excluding hydrogens is 226 g/mol. The Kier molecular flexibility index (Phi) is 7.44. The Labute approximate surface area is 109 Å². The maximum atomic E-state index is 11.4. The molecule has 0 aliphatic rings. The topological polar surface area (TPSA) is 54.4 Å². The van der Waals surface area contributed by atoms with E-state index in [0.29, 0.717) is 6.42 Å². The smallest absolute Gasteiger partial charge is 0.240 e. The van der Waals surface area contributed by atoms with Crippen LogP contribution in [-0.4, -0.2) is 17.1 Å². The van der Waals surface area contributed by atoms with E-state index in [2.05, 4.69) is 22.4 Å². The third-order valence-corrected chi connectivity index (χ3v) is 2.62. The molecule has 0 aromatic carbocycles. The summed E-state index contributed by atoms with van der Waals surface area (Å²) < 4.78 is 0. The van der Waals surface area contributed by atoms with Crippen LogP contribution < -0.4 is 5.43 Å². The molecule has 1 amide bonds. The Morgan fingerprint density at radius 3 is 2.72 bits per heavy atom. The third-order valence-electron chi connectivity index (χ3n) is 2.62. The van der Waals surface area contributed by atoms with Gasteiger partial charge in [-0.15, -0.1) is 0 Å². The van der Waals surface area contributed by atoms with Crippen LogP contribution in [0.4, 0.5) is 0 Å². The first-order chi connectivity index (χ1) is 8.83. The third kappa shape index (κ3) is 6.78. The first kappa shape index (κ1) is 14.4. The number of nitrogens with zero attached hydrogens (tertiary/aromatic N) is 2. The fourth-order valence-corrected chi connectivity index (χ4v) is 1.57. The normalized spacial score (nSPS) is 10.7. The zero-order chi connectivity index (χ0) is 13.1. The number of nitrogens with one attached hydrogen (secondary N) is 1. The van der Waals surface area contributed by atoms with E-state index in [1.165, 1.54) is 19.3 Å². The second kappa shape index (κ2) is 9.33. The summed E-state index contributed by atoms with van der Waals surface area (Å²) in [5, 5.41) is 3.90. The summed E-state index contributed by atoms with van der Waals surface area (Å²) in [6.45, 7) is 2.18. The number of amides is 1. The van der Waals surface area contributed by atoms with Crippen molar-refractivity contribution in [3.8, 4) is 0 Å². The monoisotopic (exact) mass is 247 g/mol. The summed E-state index contributed by atoms with van der Waals surface area (Å²) in [4.78, 5) is 15.3. The zero-order valence-corrected chi connectivity index (χ0v) is 10.9. The fourth-order valence-electron chi connectivity index (χ4n) is 1.57. The summed E-state index contributed by atoms with van der Waals surface area (Å²) >= 11 is 0. The molecule has 0 saturated heterocycles. The van der Waals surface area contributed by atoms with Gasteiger partial charge in [0.15, 0.2) is 0 Å². The fraction of sp³-hybridized carbons (Fsp3) is 0.500. The van der Waals surface area contributed by atoms with Gasteiger partial charge in [-0.05, 0) is 24.1 Å². The maximum Gasteiger partial charge on any atom is 0.240 e. The molecular formula is C14H21N3O. The van der Waals surface area contributed by atoms with E-state index in [1.54, 1.807) is 18.6 Å². The number of carbonyl (C=O) groups is 1. The molecule has 18 heavy (non-hydrogen) atoms. The molecule has 0 atom stereocenters. The molecule has 0 radical (unpaired) electrons. The molecule has 0 aliphatic carbocycles. The van der Waals surface area contributed by atoms with Crippen molar-refractivity contribution in [2.24, 2.45) is 5.10 Å². The lowest BCUT2D eigenvalue weighted by molar-refractivity contribution is -0.121. The molecule has 1 aromatic rings. The zero-order valence-electron chi connectivity index (χ0n) is 10.9. The molecule has 4 nitrogen and oxygen atoms in total. The van der Waals surface area contributed by atoms with Gasteiger partial charge in [0, 0.05) is 18.8 Å². The number of hydrogen-bond donors (Lipinski definition) is 1. The maximum absolute atomic E-state index is 11.4. The molecule has 98 valence electrons. The van der Waals surface area contributed by atoms with Gasteiger partial charge in [-0.2, -0.15) is 5.10 Å². The molecule has 1 rings (SSSR count). The first-order valence-electron chi connectivity index (χ1n) is 6.55. The minimum absolute atomic E-state index is 0.0168. The number of unbranched alkanes of at least 4 members (excludes halogenated alkanes) is 4. The second-order valence-corrected chi connectivity index (χ2v) is 4.24. The molecule has 0 aliphatic heterocycles. The van der Waals surface area contributed by atoms with Gasteiger partial charge in [-0.1, -0.05) is 32.6 Å². The quantitative estimate of drug-likeness (QED) is 0.436. The Hall–Kier alpha value is -1.71. The predicted octanol–water partition coefficient (Wildman–Crippen LogP) is 2.89. The number of pyridine rings is 1. The largest absolute Gasteiger partial charge is 0.273 e. The van der Waals surface area contributed by atoms with Crippen molar-refractivity contribution in [3.05, 3.63) is 30.1 Å². The van der Waals surface area contributed by atoms with Crippen LogP contribution in [-0.2, 0) is 4.79 Å². The van der Waals surface area contributed by atoms with Crippen molar-refractivity contribution in [2.75, 3.05) is 0 Å². The van der Waals surface area contributed by atoms with Crippen molar-refractivity contribution in [3.63, 3.8) is 0 Å². The molecule has 0 saturated carbocycles. The van der Waals surface area contributed by atoms with E-state index in [-0.39, 0.29) is 5.91 Å². The Morgan fingerprint density at radius 1 is 1.28 bits per heavy atom. The van der Waals surface area contributed by atoms with Crippen molar-refractivity contribution in [2.45, 2.75) is 45.4 Å². The van der Waals surface area contributed by atoms with E-state index in [9.17, 15) is 4.79 Å². The molecule has 1 heterocycles. The van der Waals surface area contributed by atoms with Crippen molar-refractivity contribution >= 4 is 12.1 Å². The Bertz CT molecular complexity index is 363. The average molecular weight is 247 g/mol. The first-order valence-corrected chi connectivity index (χ1v) is 6.55. The molecule has 1 N–H and O–H groups in total. The number of carbonyl (C=O) groups excluding carboxylic acids is 1. The van der Waals surface area contributed by atoms with Gasteiger partial charge in [0.05, 0.1) is 6.21 Å². The van der Waals surface area contributed by atoms with E-state index in [0.717, 1.165) is 18.4 Å². The highest BCUT2D eigenvalue weighted by molar-refractivity contribution is 5.82. The molecule has 1 aromatic heterocycles. The van der Waals surface area contributed by atoms with Crippen molar-refractivity contribution in [1.29, 1.82) is 0 Å². The van der Waals surface area contributed by atoms with Crippen LogP contribution in [0.25, 0.3) is 0 Å². The summed E-state index contributed by atoms with van der Waals surface area (Å²) in [6, 6.07) is 3.67. The number of aromatic nitrogens is 1. The Morgan fingerprint density at radius 2 is 2.00 bits per heavy atom. The van der Waals surface area contributed by atoms with Crippen LogP contribution in [0.5, 0.6) is 0 Å².